The standard InChI is InChI=1S/C24H36Si3.Li.H/c1-26(2,3)16-18-10-7-12-20(18)22-14-9-15-23(25)24(22)21-13-8-11-19(21)17-27(4,5)6;;/h7-11,14-15H,12-13,16-17H2,1-6,25H3;;. The fourth-order valence-corrected chi connectivity index (χ4v) is 8.15. The summed E-state index contributed by atoms with van der Waals surface area (Å²) >= 11 is 0. The zero-order valence-corrected chi connectivity index (χ0v) is 22.4. The molecular weight excluding hydrogens is 379 g/mol. The first-order valence-electron chi connectivity index (χ1n) is 10.4. The molecule has 28 heavy (non-hydrogen) atoms. The SMILES string of the molecule is C[Si](C)(C)CC1=C(c2cccc([SiH3])c2C2=C(C[Si](C)(C)C)C=CC2)CC=C1.[LiH]. The van der Waals surface area contributed by atoms with Crippen molar-refractivity contribution in [1.82, 2.24) is 0 Å². The molecule has 1 aromatic rings. The Kier molecular flexibility index (Phi) is 7.67. The third-order valence-corrected chi connectivity index (χ3v) is 9.11. The van der Waals surface area contributed by atoms with Crippen LogP contribution in [0.2, 0.25) is 51.4 Å². The summed E-state index contributed by atoms with van der Waals surface area (Å²) in [6.07, 6.45) is 11.9. The van der Waals surface area contributed by atoms with E-state index in [1.54, 1.807) is 33.0 Å². The van der Waals surface area contributed by atoms with Crippen LogP contribution in [0.3, 0.4) is 0 Å². The van der Waals surface area contributed by atoms with Crippen LogP contribution in [0.25, 0.3) is 11.1 Å². The molecule has 0 atom stereocenters. The van der Waals surface area contributed by atoms with Crippen LogP contribution in [0, 0.1) is 0 Å². The van der Waals surface area contributed by atoms with Crippen LogP contribution in [0.1, 0.15) is 24.0 Å². The van der Waals surface area contributed by atoms with E-state index in [1.165, 1.54) is 17.7 Å². The van der Waals surface area contributed by atoms with Gasteiger partial charge in [0.1, 0.15) is 0 Å². The fraction of sp³-hybridized carbons (Fsp3) is 0.417. The fourth-order valence-electron chi connectivity index (χ4n) is 4.44. The van der Waals surface area contributed by atoms with E-state index in [0.29, 0.717) is 0 Å². The molecule has 0 radical (unpaired) electrons. The predicted molar refractivity (Wildman–Crippen MR) is 141 cm³/mol. The Hall–Kier alpha value is -0.572. The molecule has 146 valence electrons. The quantitative estimate of drug-likeness (QED) is 0.564. The van der Waals surface area contributed by atoms with Gasteiger partial charge in [0.25, 0.3) is 0 Å². The molecule has 0 nitrogen and oxygen atoms in total. The monoisotopic (exact) mass is 416 g/mol. The van der Waals surface area contributed by atoms with Crippen LogP contribution in [-0.4, -0.2) is 45.3 Å². The second kappa shape index (κ2) is 9.06. The summed E-state index contributed by atoms with van der Waals surface area (Å²) in [7, 11) is -1.13. The summed E-state index contributed by atoms with van der Waals surface area (Å²) in [6.45, 7) is 14.9. The third-order valence-electron chi connectivity index (χ3n) is 5.40. The molecule has 0 N–H and O–H groups in total. The molecule has 0 spiro atoms. The van der Waals surface area contributed by atoms with Gasteiger partial charge in [0.15, 0.2) is 0 Å². The summed E-state index contributed by atoms with van der Waals surface area (Å²) in [4.78, 5) is 0. The first-order valence-corrected chi connectivity index (χ1v) is 18.8. The van der Waals surface area contributed by atoms with E-state index in [9.17, 15) is 0 Å². The van der Waals surface area contributed by atoms with Gasteiger partial charge in [-0.3, -0.25) is 0 Å². The summed E-state index contributed by atoms with van der Waals surface area (Å²) in [5, 5.41) is 1.58. The molecule has 3 rings (SSSR count). The number of benzene rings is 1. The molecule has 2 aliphatic rings. The molecule has 2 aliphatic carbocycles. The van der Waals surface area contributed by atoms with Crippen LogP contribution in [0.4, 0.5) is 0 Å². The maximum absolute atomic E-state index is 2.49. The van der Waals surface area contributed by atoms with E-state index in [1.807, 2.05) is 0 Å². The Balaban J connectivity index is 0.00000280. The van der Waals surface area contributed by atoms with Gasteiger partial charge in [-0.25, -0.2) is 0 Å². The van der Waals surface area contributed by atoms with Crippen molar-refractivity contribution in [1.29, 1.82) is 0 Å². The Morgan fingerprint density at radius 3 is 1.82 bits per heavy atom. The number of hydrogen-bond acceptors (Lipinski definition) is 0. The summed E-state index contributed by atoms with van der Waals surface area (Å²) < 4.78 is 0. The minimum absolute atomic E-state index is 0. The van der Waals surface area contributed by atoms with Crippen LogP contribution in [0.5, 0.6) is 0 Å². The van der Waals surface area contributed by atoms with E-state index in [-0.39, 0.29) is 18.9 Å². The van der Waals surface area contributed by atoms with Crippen LogP contribution in [-0.2, 0) is 0 Å². The van der Waals surface area contributed by atoms with Gasteiger partial charge in [0, 0.05) is 26.4 Å². The normalized spacial score (nSPS) is 17.1. The van der Waals surface area contributed by atoms with Crippen LogP contribution >= 0.6 is 0 Å². The van der Waals surface area contributed by atoms with Crippen LogP contribution < -0.4 is 5.19 Å². The molecule has 0 amide bonds. The molecule has 0 fully saturated rings. The van der Waals surface area contributed by atoms with Crippen LogP contribution in [0.15, 0.2) is 53.6 Å². The van der Waals surface area contributed by atoms with Crippen molar-refractivity contribution in [2.75, 3.05) is 0 Å². The van der Waals surface area contributed by atoms with Crippen molar-refractivity contribution in [2.45, 2.75) is 64.2 Å². The minimum atomic E-state index is -1.13. The number of hydrogen-bond donors (Lipinski definition) is 0. The predicted octanol–water partition coefficient (Wildman–Crippen LogP) is 5.13. The van der Waals surface area contributed by atoms with E-state index in [0.717, 1.165) is 23.1 Å². The van der Waals surface area contributed by atoms with Crippen molar-refractivity contribution in [2.24, 2.45) is 0 Å². The topological polar surface area (TPSA) is 0 Å². The molecule has 0 aromatic heterocycles. The first kappa shape index (κ1) is 23.7. The molecule has 0 heterocycles. The Bertz CT molecular complexity index is 859. The molecule has 1 aromatic carbocycles. The van der Waals surface area contributed by atoms with Crippen molar-refractivity contribution >= 4 is 61.6 Å². The second-order valence-corrected chi connectivity index (χ2v) is 22.7. The molecule has 0 unspecified atom stereocenters. The Morgan fingerprint density at radius 2 is 1.29 bits per heavy atom. The zero-order chi connectivity index (χ0) is 19.8. The van der Waals surface area contributed by atoms with Crippen molar-refractivity contribution in [3.8, 4) is 0 Å². The summed E-state index contributed by atoms with van der Waals surface area (Å²) in [6, 6.07) is 9.65. The van der Waals surface area contributed by atoms with E-state index in [4.69, 9.17) is 0 Å². The molecular formula is C24H37LiSi3. The average molecular weight is 417 g/mol. The van der Waals surface area contributed by atoms with Gasteiger partial charge in [0.05, 0.1) is 0 Å². The third kappa shape index (κ3) is 5.74. The Morgan fingerprint density at radius 1 is 0.786 bits per heavy atom. The van der Waals surface area contributed by atoms with E-state index >= 15 is 0 Å². The maximum atomic E-state index is 2.49. The van der Waals surface area contributed by atoms with Crippen molar-refractivity contribution < 1.29 is 0 Å². The van der Waals surface area contributed by atoms with Gasteiger partial charge >= 0.3 is 18.9 Å². The molecule has 0 aliphatic heterocycles. The average Bonchev–Trinajstić information content (AvgIpc) is 3.13. The summed E-state index contributed by atoms with van der Waals surface area (Å²) in [5.74, 6) is 0. The van der Waals surface area contributed by atoms with Gasteiger partial charge in [-0.1, -0.05) is 87.0 Å². The van der Waals surface area contributed by atoms with Gasteiger partial charge in [0.2, 0.25) is 0 Å². The van der Waals surface area contributed by atoms with Crippen molar-refractivity contribution in [3.05, 3.63) is 64.8 Å². The summed E-state index contributed by atoms with van der Waals surface area (Å²) in [5.41, 5.74) is 9.60. The van der Waals surface area contributed by atoms with E-state index < -0.39 is 16.1 Å². The zero-order valence-electron chi connectivity index (χ0n) is 18.4. The van der Waals surface area contributed by atoms with Gasteiger partial charge in [-0.2, -0.15) is 0 Å². The molecule has 0 saturated heterocycles. The molecule has 0 saturated carbocycles. The number of rotatable bonds is 6. The van der Waals surface area contributed by atoms with E-state index in [2.05, 4.69) is 81.8 Å². The van der Waals surface area contributed by atoms with Gasteiger partial charge < -0.3 is 0 Å². The van der Waals surface area contributed by atoms with Gasteiger partial charge in [-0.05, 0) is 58.3 Å². The first-order chi connectivity index (χ1) is 12.6. The Labute approximate surface area is 189 Å². The molecule has 4 heteroatoms. The number of allylic oxidation sites excluding steroid dienone is 8. The molecule has 0 bridgehead atoms. The van der Waals surface area contributed by atoms with Gasteiger partial charge in [-0.15, -0.1) is 0 Å². The second-order valence-electron chi connectivity index (χ2n) is 10.7. The van der Waals surface area contributed by atoms with Crippen molar-refractivity contribution in [3.63, 3.8) is 0 Å².